The summed E-state index contributed by atoms with van der Waals surface area (Å²) in [4.78, 5) is 0. The van der Waals surface area contributed by atoms with Crippen LogP contribution in [0.5, 0.6) is 11.5 Å². The van der Waals surface area contributed by atoms with Crippen LogP contribution >= 0.6 is 12.2 Å². The summed E-state index contributed by atoms with van der Waals surface area (Å²) < 4.78 is 12.9. The van der Waals surface area contributed by atoms with Crippen molar-refractivity contribution >= 4 is 18.4 Å². The van der Waals surface area contributed by atoms with Crippen LogP contribution in [0.2, 0.25) is 0 Å². The molecular weight excluding hydrogens is 324 g/mol. The molecule has 0 saturated heterocycles. The molecule has 1 aromatic carbocycles. The molecule has 24 heavy (non-hydrogen) atoms. The van der Waals surface area contributed by atoms with Gasteiger partial charge in [0.1, 0.15) is 11.5 Å². The van der Waals surface area contributed by atoms with Crippen molar-refractivity contribution in [2.24, 2.45) is 5.10 Å². The van der Waals surface area contributed by atoms with Crippen LogP contribution < -0.4 is 9.47 Å². The first-order valence-corrected chi connectivity index (χ1v) is 8.57. The number of aromatic nitrogens is 3. The molecule has 0 amide bonds. The van der Waals surface area contributed by atoms with Crippen molar-refractivity contribution in [3.05, 3.63) is 34.4 Å². The summed E-state index contributed by atoms with van der Waals surface area (Å²) in [6, 6.07) is 5.59. The molecule has 1 aliphatic rings. The van der Waals surface area contributed by atoms with Gasteiger partial charge in [0.05, 0.1) is 20.4 Å². The fraction of sp³-hybridized carbons (Fsp3) is 0.471. The van der Waals surface area contributed by atoms with Gasteiger partial charge in [-0.05, 0) is 43.3 Å². The van der Waals surface area contributed by atoms with Crippen LogP contribution in [-0.4, -0.2) is 35.3 Å². The first-order valence-electron chi connectivity index (χ1n) is 8.16. The smallest absolute Gasteiger partial charge is 0.216 e. The Labute approximate surface area is 146 Å². The zero-order chi connectivity index (χ0) is 16.9. The van der Waals surface area contributed by atoms with E-state index in [1.54, 1.807) is 25.1 Å². The van der Waals surface area contributed by atoms with E-state index in [0.29, 0.717) is 10.7 Å². The lowest BCUT2D eigenvalue weighted by molar-refractivity contribution is 0.402. The van der Waals surface area contributed by atoms with Gasteiger partial charge < -0.3 is 9.47 Å². The minimum Gasteiger partial charge on any atom is -0.497 e. The Bertz CT molecular complexity index is 775. The normalized spacial score (nSPS) is 15.8. The number of nitrogens with one attached hydrogen (secondary N) is 1. The van der Waals surface area contributed by atoms with Gasteiger partial charge in [-0.15, -0.1) is 0 Å². The van der Waals surface area contributed by atoms with Crippen LogP contribution in [0.4, 0.5) is 0 Å². The number of methoxy groups -OCH3 is 2. The van der Waals surface area contributed by atoms with Crippen LogP contribution in [0.1, 0.15) is 49.4 Å². The number of nitrogens with zero attached hydrogens (tertiary/aromatic N) is 3. The highest BCUT2D eigenvalue weighted by molar-refractivity contribution is 7.71. The zero-order valence-corrected chi connectivity index (χ0v) is 14.8. The molecule has 128 valence electrons. The zero-order valence-electron chi connectivity index (χ0n) is 14.0. The molecule has 0 radical (unpaired) electrons. The summed E-state index contributed by atoms with van der Waals surface area (Å²) in [5.41, 5.74) is 0.828. The highest BCUT2D eigenvalue weighted by Crippen LogP contribution is 2.31. The van der Waals surface area contributed by atoms with Gasteiger partial charge in [0.25, 0.3) is 0 Å². The molecule has 1 fully saturated rings. The minimum absolute atomic E-state index is 0.413. The molecular formula is C17H22N4O2S. The first kappa shape index (κ1) is 16.7. The largest absolute Gasteiger partial charge is 0.497 e. The van der Waals surface area contributed by atoms with Crippen molar-refractivity contribution in [2.45, 2.75) is 38.0 Å². The Morgan fingerprint density at radius 2 is 2.04 bits per heavy atom. The molecule has 0 bridgehead atoms. The molecule has 6 nitrogen and oxygen atoms in total. The summed E-state index contributed by atoms with van der Waals surface area (Å²) in [5, 5.41) is 11.8. The van der Waals surface area contributed by atoms with Gasteiger partial charge in [0, 0.05) is 11.5 Å². The molecule has 3 rings (SSSR count). The first-order chi connectivity index (χ1) is 11.7. The number of ether oxygens (including phenoxy) is 2. The number of H-pyrrole nitrogens is 1. The fourth-order valence-electron chi connectivity index (χ4n) is 3.10. The fourth-order valence-corrected chi connectivity index (χ4v) is 3.29. The second-order valence-electron chi connectivity index (χ2n) is 5.89. The van der Waals surface area contributed by atoms with Gasteiger partial charge in [-0.3, -0.25) is 5.10 Å². The van der Waals surface area contributed by atoms with E-state index in [2.05, 4.69) is 15.3 Å². The Balaban J connectivity index is 1.92. The lowest BCUT2D eigenvalue weighted by Crippen LogP contribution is -2.10. The monoisotopic (exact) mass is 346 g/mol. The second-order valence-corrected chi connectivity index (χ2v) is 6.27. The lowest BCUT2D eigenvalue weighted by Gasteiger charge is -2.19. The van der Waals surface area contributed by atoms with Crippen molar-refractivity contribution in [1.29, 1.82) is 0 Å². The molecule has 0 unspecified atom stereocenters. The average Bonchev–Trinajstić information content (AvgIpc) is 3.01. The van der Waals surface area contributed by atoms with Crippen molar-refractivity contribution in [1.82, 2.24) is 14.9 Å². The van der Waals surface area contributed by atoms with Crippen LogP contribution in [0.3, 0.4) is 0 Å². The Morgan fingerprint density at radius 3 is 2.75 bits per heavy atom. The van der Waals surface area contributed by atoms with Gasteiger partial charge >= 0.3 is 0 Å². The van der Waals surface area contributed by atoms with Gasteiger partial charge in [-0.1, -0.05) is 19.3 Å². The van der Waals surface area contributed by atoms with E-state index in [9.17, 15) is 0 Å². The molecule has 1 heterocycles. The van der Waals surface area contributed by atoms with Crippen molar-refractivity contribution in [3.8, 4) is 11.5 Å². The van der Waals surface area contributed by atoms with E-state index in [1.165, 1.54) is 19.3 Å². The van der Waals surface area contributed by atoms with Crippen LogP contribution in [-0.2, 0) is 0 Å². The van der Waals surface area contributed by atoms with E-state index in [0.717, 1.165) is 35.7 Å². The number of hydrogen-bond donors (Lipinski definition) is 1. The van der Waals surface area contributed by atoms with Crippen LogP contribution in [0.15, 0.2) is 23.3 Å². The van der Waals surface area contributed by atoms with Crippen molar-refractivity contribution < 1.29 is 9.47 Å². The summed E-state index contributed by atoms with van der Waals surface area (Å²) in [5.74, 6) is 2.81. The quantitative estimate of drug-likeness (QED) is 0.659. The standard InChI is InChI=1S/C17H22N4O2S/c1-22-14-8-9-15(23-2)13(10-14)11-18-21-16(19-20-17(21)24)12-6-4-3-5-7-12/h8-12H,3-7H2,1-2H3,(H,20,24)/b18-11-. The van der Waals surface area contributed by atoms with Gasteiger partial charge in [-0.25, -0.2) is 0 Å². The number of rotatable bonds is 5. The summed E-state index contributed by atoms with van der Waals surface area (Å²) in [6.07, 6.45) is 7.77. The highest BCUT2D eigenvalue weighted by atomic mass is 32.1. The minimum atomic E-state index is 0.413. The number of hydrogen-bond acceptors (Lipinski definition) is 5. The topological polar surface area (TPSA) is 64.4 Å². The number of benzene rings is 1. The van der Waals surface area contributed by atoms with Gasteiger partial charge in [0.2, 0.25) is 4.77 Å². The molecule has 1 aromatic heterocycles. The van der Waals surface area contributed by atoms with Crippen molar-refractivity contribution in [3.63, 3.8) is 0 Å². The van der Waals surface area contributed by atoms with E-state index in [1.807, 2.05) is 18.2 Å². The Morgan fingerprint density at radius 1 is 1.25 bits per heavy atom. The molecule has 1 aliphatic carbocycles. The summed E-state index contributed by atoms with van der Waals surface area (Å²) >= 11 is 5.34. The second kappa shape index (κ2) is 7.61. The molecule has 2 aromatic rings. The molecule has 1 saturated carbocycles. The average molecular weight is 346 g/mol. The maximum Gasteiger partial charge on any atom is 0.216 e. The maximum atomic E-state index is 5.39. The molecule has 7 heteroatoms. The third kappa shape index (κ3) is 3.51. The third-order valence-corrected chi connectivity index (χ3v) is 4.66. The lowest BCUT2D eigenvalue weighted by atomic mass is 9.89. The highest BCUT2D eigenvalue weighted by Gasteiger charge is 2.21. The SMILES string of the molecule is COc1ccc(OC)c(/C=N\n2c(C3CCCCC3)n[nH]c2=S)c1. The number of aromatic amines is 1. The van der Waals surface area contributed by atoms with E-state index >= 15 is 0 Å². The molecule has 0 spiro atoms. The maximum absolute atomic E-state index is 5.39. The van der Waals surface area contributed by atoms with Gasteiger partial charge in [-0.2, -0.15) is 14.9 Å². The van der Waals surface area contributed by atoms with E-state index < -0.39 is 0 Å². The molecule has 0 aliphatic heterocycles. The van der Waals surface area contributed by atoms with E-state index in [-0.39, 0.29) is 0 Å². The van der Waals surface area contributed by atoms with Gasteiger partial charge in [0.15, 0.2) is 5.82 Å². The molecule has 0 atom stereocenters. The molecule has 1 N–H and O–H groups in total. The van der Waals surface area contributed by atoms with Crippen LogP contribution in [0.25, 0.3) is 0 Å². The predicted octanol–water partition coefficient (Wildman–Crippen LogP) is 3.89. The summed E-state index contributed by atoms with van der Waals surface area (Å²) in [6.45, 7) is 0. The predicted molar refractivity (Wildman–Crippen MR) is 95.8 cm³/mol. The summed E-state index contributed by atoms with van der Waals surface area (Å²) in [7, 11) is 3.27. The van der Waals surface area contributed by atoms with E-state index in [4.69, 9.17) is 21.7 Å². The Hall–Kier alpha value is -2.15. The van der Waals surface area contributed by atoms with Crippen molar-refractivity contribution in [2.75, 3.05) is 14.2 Å². The third-order valence-electron chi connectivity index (χ3n) is 4.39. The Kier molecular flexibility index (Phi) is 5.30. The van der Waals surface area contributed by atoms with Crippen LogP contribution in [0, 0.1) is 4.77 Å².